The Morgan fingerprint density at radius 1 is 1.53 bits per heavy atom. The van der Waals surface area contributed by atoms with Crippen molar-refractivity contribution in [3.63, 3.8) is 0 Å². The molecule has 0 aliphatic rings. The molecule has 0 aliphatic carbocycles. The van der Waals surface area contributed by atoms with Crippen LogP contribution in [0.1, 0.15) is 11.3 Å². The lowest BCUT2D eigenvalue weighted by Crippen LogP contribution is -2.16. The summed E-state index contributed by atoms with van der Waals surface area (Å²) in [5.74, 6) is -1.60. The zero-order valence-electron chi connectivity index (χ0n) is 8.06. The molecule has 0 saturated heterocycles. The molecule has 1 aromatic heterocycles. The molecule has 0 fully saturated rings. The van der Waals surface area contributed by atoms with Crippen LogP contribution < -0.4 is 0 Å². The largest absolute Gasteiger partial charge is 0.481 e. The monoisotopic (exact) mass is 250 g/mol. The van der Waals surface area contributed by atoms with Crippen molar-refractivity contribution < 1.29 is 28.0 Å². The molecule has 1 N–H and O–H groups in total. The van der Waals surface area contributed by atoms with Gasteiger partial charge < -0.3 is 5.11 Å². The number of nitrogens with zero attached hydrogens (tertiary/aromatic N) is 2. The van der Waals surface area contributed by atoms with Crippen LogP contribution in [0.3, 0.4) is 0 Å². The molecule has 1 heterocycles. The quantitative estimate of drug-likeness (QED) is 0.650. The number of aliphatic carboxylic acids is 1. The van der Waals surface area contributed by atoms with Crippen molar-refractivity contribution in [2.45, 2.75) is 12.6 Å². The second kappa shape index (κ2) is 4.36. The summed E-state index contributed by atoms with van der Waals surface area (Å²) in [7, 11) is 0. The van der Waals surface area contributed by atoms with Crippen LogP contribution in [0, 0.1) is 10.1 Å². The summed E-state index contributed by atoms with van der Waals surface area (Å²) >= 11 is 0. The van der Waals surface area contributed by atoms with Crippen LogP contribution in [0.2, 0.25) is 0 Å². The number of hydrogen-bond acceptors (Lipinski definition) is 4. The van der Waals surface area contributed by atoms with Crippen LogP contribution >= 0.6 is 0 Å². The van der Waals surface area contributed by atoms with Gasteiger partial charge in [0, 0.05) is 12.3 Å². The summed E-state index contributed by atoms with van der Waals surface area (Å²) < 4.78 is 37.4. The second-order valence-corrected chi connectivity index (χ2v) is 2.98. The van der Waals surface area contributed by atoms with E-state index in [-0.39, 0.29) is 0 Å². The minimum absolute atomic E-state index is 0.617. The van der Waals surface area contributed by atoms with Crippen molar-refractivity contribution in [2.75, 3.05) is 0 Å². The molecule has 0 saturated carbocycles. The predicted molar refractivity (Wildman–Crippen MR) is 47.2 cm³/mol. The fourth-order valence-electron chi connectivity index (χ4n) is 1.22. The van der Waals surface area contributed by atoms with Crippen LogP contribution in [-0.4, -0.2) is 21.0 Å². The number of aromatic nitrogens is 1. The first-order valence-electron chi connectivity index (χ1n) is 4.14. The van der Waals surface area contributed by atoms with Crippen molar-refractivity contribution >= 4 is 11.7 Å². The maximum atomic E-state index is 12.5. The topological polar surface area (TPSA) is 93.3 Å². The molecule has 1 rings (SSSR count). The third-order valence-electron chi connectivity index (χ3n) is 1.82. The zero-order chi connectivity index (χ0) is 13.2. The van der Waals surface area contributed by atoms with Gasteiger partial charge in [-0.25, -0.2) is 0 Å². The number of hydrogen-bond donors (Lipinski definition) is 1. The third kappa shape index (κ3) is 2.89. The van der Waals surface area contributed by atoms with Gasteiger partial charge in [0.15, 0.2) is 5.69 Å². The SMILES string of the molecule is O=C(O)Cc1c([N+](=O)[O-])ccnc1C(F)(F)F. The number of carbonyl (C=O) groups is 1. The van der Waals surface area contributed by atoms with Gasteiger partial charge in [0.25, 0.3) is 5.69 Å². The van der Waals surface area contributed by atoms with E-state index in [4.69, 9.17) is 5.11 Å². The minimum atomic E-state index is -4.93. The summed E-state index contributed by atoms with van der Waals surface area (Å²) in [5, 5.41) is 18.9. The molecule has 0 bridgehead atoms. The van der Waals surface area contributed by atoms with Gasteiger partial charge in [-0.2, -0.15) is 13.2 Å². The highest BCUT2D eigenvalue weighted by Gasteiger charge is 2.39. The van der Waals surface area contributed by atoms with Gasteiger partial charge in [0.1, 0.15) is 0 Å². The maximum absolute atomic E-state index is 12.5. The van der Waals surface area contributed by atoms with Crippen LogP contribution in [0.5, 0.6) is 0 Å². The van der Waals surface area contributed by atoms with Crippen molar-refractivity contribution in [1.82, 2.24) is 4.98 Å². The molecule has 0 amide bonds. The van der Waals surface area contributed by atoms with Crippen molar-refractivity contribution in [3.8, 4) is 0 Å². The van der Waals surface area contributed by atoms with Crippen LogP contribution in [0.25, 0.3) is 0 Å². The third-order valence-corrected chi connectivity index (χ3v) is 1.82. The maximum Gasteiger partial charge on any atom is 0.433 e. The molecular formula is C8H5F3N2O4. The molecule has 17 heavy (non-hydrogen) atoms. The Bertz CT molecular complexity index is 472. The Labute approximate surface area is 91.9 Å². The average molecular weight is 250 g/mol. The number of carboxylic acids is 1. The fourth-order valence-corrected chi connectivity index (χ4v) is 1.22. The first kappa shape index (κ1) is 12.9. The predicted octanol–water partition coefficient (Wildman–Crippen LogP) is 1.64. The molecular weight excluding hydrogens is 245 g/mol. The minimum Gasteiger partial charge on any atom is -0.481 e. The van der Waals surface area contributed by atoms with E-state index in [0.29, 0.717) is 6.20 Å². The molecule has 0 atom stereocenters. The number of pyridine rings is 1. The lowest BCUT2D eigenvalue weighted by Gasteiger charge is -2.09. The first-order chi connectivity index (χ1) is 7.73. The number of alkyl halides is 3. The summed E-state index contributed by atoms with van der Waals surface area (Å²) in [6, 6.07) is 0.730. The van der Waals surface area contributed by atoms with Gasteiger partial charge in [-0.15, -0.1) is 0 Å². The Morgan fingerprint density at radius 3 is 2.53 bits per heavy atom. The van der Waals surface area contributed by atoms with Crippen molar-refractivity contribution in [3.05, 3.63) is 33.6 Å². The van der Waals surface area contributed by atoms with E-state index in [1.54, 1.807) is 0 Å². The van der Waals surface area contributed by atoms with Gasteiger partial charge in [0.2, 0.25) is 0 Å². The van der Waals surface area contributed by atoms with Gasteiger partial charge in [0.05, 0.1) is 16.9 Å². The fraction of sp³-hybridized carbons (Fsp3) is 0.250. The molecule has 1 aromatic rings. The highest BCUT2D eigenvalue weighted by molar-refractivity contribution is 5.72. The Morgan fingerprint density at radius 2 is 2.12 bits per heavy atom. The van der Waals surface area contributed by atoms with Gasteiger partial charge in [-0.05, 0) is 0 Å². The van der Waals surface area contributed by atoms with Crippen LogP contribution in [-0.2, 0) is 17.4 Å². The summed E-state index contributed by atoms with van der Waals surface area (Å²) in [4.78, 5) is 22.8. The van der Waals surface area contributed by atoms with Gasteiger partial charge >= 0.3 is 12.1 Å². The number of halogens is 3. The Balaban J connectivity index is 3.45. The Kier molecular flexibility index (Phi) is 3.30. The lowest BCUT2D eigenvalue weighted by atomic mass is 10.1. The standard InChI is InChI=1S/C8H5F3N2O4/c9-8(10,11)7-4(3-6(14)15)5(13(16)17)1-2-12-7/h1-2H,3H2,(H,14,15). The van der Waals surface area contributed by atoms with E-state index in [0.717, 1.165) is 6.07 Å². The molecule has 0 radical (unpaired) electrons. The molecule has 0 aromatic carbocycles. The highest BCUT2D eigenvalue weighted by atomic mass is 19.4. The normalized spacial score (nSPS) is 11.2. The summed E-state index contributed by atoms with van der Waals surface area (Å²) in [5.41, 5.74) is -3.40. The van der Waals surface area contributed by atoms with E-state index in [1.807, 2.05) is 0 Å². The molecule has 9 heteroatoms. The number of rotatable bonds is 3. The molecule has 0 unspecified atom stereocenters. The van der Waals surface area contributed by atoms with Crippen molar-refractivity contribution in [1.29, 1.82) is 0 Å². The Hall–Kier alpha value is -2.19. The molecule has 0 spiro atoms. The van der Waals surface area contributed by atoms with E-state index in [9.17, 15) is 28.1 Å². The van der Waals surface area contributed by atoms with Gasteiger partial charge in [-0.3, -0.25) is 19.9 Å². The average Bonchev–Trinajstić information content (AvgIpc) is 2.14. The second-order valence-electron chi connectivity index (χ2n) is 2.98. The zero-order valence-corrected chi connectivity index (χ0v) is 8.06. The molecule has 6 nitrogen and oxygen atoms in total. The molecule has 0 aliphatic heterocycles. The summed E-state index contributed by atoms with van der Waals surface area (Å²) in [6.07, 6.45) is -5.43. The number of carboxylic acid groups (broad SMARTS) is 1. The van der Waals surface area contributed by atoms with Gasteiger partial charge in [-0.1, -0.05) is 0 Å². The smallest absolute Gasteiger partial charge is 0.433 e. The van der Waals surface area contributed by atoms with Crippen LogP contribution in [0.15, 0.2) is 12.3 Å². The lowest BCUT2D eigenvalue weighted by molar-refractivity contribution is -0.385. The summed E-state index contributed by atoms with van der Waals surface area (Å²) in [6.45, 7) is 0. The van der Waals surface area contributed by atoms with E-state index < -0.39 is 40.4 Å². The van der Waals surface area contributed by atoms with E-state index in [2.05, 4.69) is 4.98 Å². The molecule has 92 valence electrons. The van der Waals surface area contributed by atoms with E-state index >= 15 is 0 Å². The van der Waals surface area contributed by atoms with Crippen molar-refractivity contribution in [2.24, 2.45) is 0 Å². The van der Waals surface area contributed by atoms with Crippen LogP contribution in [0.4, 0.5) is 18.9 Å². The number of nitro groups is 1. The first-order valence-corrected chi connectivity index (χ1v) is 4.14. The van der Waals surface area contributed by atoms with E-state index in [1.165, 1.54) is 0 Å². The highest BCUT2D eigenvalue weighted by Crippen LogP contribution is 2.34.